The number of amides is 2. The highest BCUT2D eigenvalue weighted by Gasteiger charge is 2.11. The van der Waals surface area contributed by atoms with Crippen molar-refractivity contribution < 1.29 is 14.3 Å². The molecule has 0 saturated carbocycles. The molecule has 0 aliphatic carbocycles. The van der Waals surface area contributed by atoms with E-state index in [-0.39, 0.29) is 6.42 Å². The van der Waals surface area contributed by atoms with Crippen LogP contribution in [-0.4, -0.2) is 18.0 Å². The van der Waals surface area contributed by atoms with E-state index in [2.05, 4.69) is 31.8 Å². The summed E-state index contributed by atoms with van der Waals surface area (Å²) in [6.45, 7) is 2.24. The number of benzene rings is 4. The Morgan fingerprint density at radius 2 is 1.78 bits per heavy atom. The van der Waals surface area contributed by atoms with Gasteiger partial charge in [0.15, 0.2) is 0 Å². The van der Waals surface area contributed by atoms with Crippen molar-refractivity contribution in [2.24, 2.45) is 5.10 Å². The number of ether oxygens (including phenoxy) is 1. The monoisotopic (exact) mass is 563 g/mol. The van der Waals surface area contributed by atoms with Gasteiger partial charge in [-0.25, -0.2) is 5.43 Å². The number of nitrogens with one attached hydrogen (secondary N) is 2. The fraction of sp³-hybridized carbons (Fsp3) is 0.107. The van der Waals surface area contributed by atoms with Gasteiger partial charge < -0.3 is 10.1 Å². The van der Waals surface area contributed by atoms with Crippen molar-refractivity contribution >= 4 is 62.0 Å². The zero-order chi connectivity index (χ0) is 25.5. The Bertz CT molecular complexity index is 1440. The number of carbonyl (C=O) groups excluding carboxylic acids is 2. The van der Waals surface area contributed by atoms with Crippen molar-refractivity contribution in [3.05, 3.63) is 105 Å². The lowest BCUT2D eigenvalue weighted by Gasteiger charge is -2.12. The number of hydrazone groups is 1. The molecule has 8 heteroatoms. The standard InChI is InChI=1S/C28H23BrClN3O3/c1-18-6-12-22(14-25(18)30)32-27(34)15-28(35)33-31-16-24-23-5-3-2-4-20(23)9-13-26(24)36-17-19-7-10-21(29)11-8-19/h2-14,16H,15,17H2,1H3,(H,32,34)(H,33,35). The minimum Gasteiger partial charge on any atom is -0.488 e. The number of carbonyl (C=O) groups is 2. The molecule has 0 saturated heterocycles. The maximum atomic E-state index is 12.3. The zero-order valence-corrected chi connectivity index (χ0v) is 21.8. The van der Waals surface area contributed by atoms with E-state index < -0.39 is 11.8 Å². The predicted octanol–water partition coefficient (Wildman–Crippen LogP) is 6.62. The minimum atomic E-state index is -0.542. The molecule has 4 aromatic carbocycles. The molecule has 182 valence electrons. The number of fused-ring (bicyclic) bond motifs is 1. The van der Waals surface area contributed by atoms with E-state index in [4.69, 9.17) is 16.3 Å². The van der Waals surface area contributed by atoms with E-state index in [9.17, 15) is 9.59 Å². The van der Waals surface area contributed by atoms with Gasteiger partial charge in [0.25, 0.3) is 0 Å². The van der Waals surface area contributed by atoms with E-state index in [1.165, 1.54) is 6.21 Å². The maximum Gasteiger partial charge on any atom is 0.249 e. The Hall–Kier alpha value is -3.68. The topological polar surface area (TPSA) is 79.8 Å². The number of halogens is 2. The van der Waals surface area contributed by atoms with Crippen molar-refractivity contribution in [2.75, 3.05) is 5.32 Å². The minimum absolute atomic E-state index is 0.377. The first-order valence-electron chi connectivity index (χ1n) is 11.2. The average molecular weight is 565 g/mol. The lowest BCUT2D eigenvalue weighted by Crippen LogP contribution is -2.24. The van der Waals surface area contributed by atoms with Crippen molar-refractivity contribution in [1.82, 2.24) is 5.43 Å². The fourth-order valence-electron chi connectivity index (χ4n) is 3.51. The smallest absolute Gasteiger partial charge is 0.249 e. The van der Waals surface area contributed by atoms with Crippen LogP contribution in [0.2, 0.25) is 5.02 Å². The summed E-state index contributed by atoms with van der Waals surface area (Å²) in [5.74, 6) is -0.380. The van der Waals surface area contributed by atoms with Crippen LogP contribution in [0.5, 0.6) is 5.75 Å². The summed E-state index contributed by atoms with van der Waals surface area (Å²) in [4.78, 5) is 24.5. The Morgan fingerprint density at radius 1 is 1.00 bits per heavy atom. The third kappa shape index (κ3) is 6.71. The molecule has 0 aromatic heterocycles. The maximum absolute atomic E-state index is 12.3. The Morgan fingerprint density at radius 3 is 2.56 bits per heavy atom. The van der Waals surface area contributed by atoms with Crippen LogP contribution >= 0.6 is 27.5 Å². The molecule has 2 N–H and O–H groups in total. The summed E-state index contributed by atoms with van der Waals surface area (Å²) in [7, 11) is 0. The summed E-state index contributed by atoms with van der Waals surface area (Å²) in [6, 6.07) is 24.7. The number of rotatable bonds is 8. The number of hydrogen-bond donors (Lipinski definition) is 2. The Kier molecular flexibility index (Phi) is 8.36. The zero-order valence-electron chi connectivity index (χ0n) is 19.4. The van der Waals surface area contributed by atoms with Gasteiger partial charge in [-0.2, -0.15) is 5.10 Å². The van der Waals surface area contributed by atoms with E-state index in [0.717, 1.165) is 31.9 Å². The normalized spacial score (nSPS) is 11.0. The summed E-state index contributed by atoms with van der Waals surface area (Å²) >= 11 is 9.52. The summed E-state index contributed by atoms with van der Waals surface area (Å²) in [6.07, 6.45) is 1.15. The van der Waals surface area contributed by atoms with Gasteiger partial charge in [0.05, 0.1) is 6.21 Å². The summed E-state index contributed by atoms with van der Waals surface area (Å²) in [5.41, 5.74) is 5.59. The molecule has 0 bridgehead atoms. The number of nitrogens with zero attached hydrogens (tertiary/aromatic N) is 1. The van der Waals surface area contributed by atoms with Gasteiger partial charge in [-0.15, -0.1) is 0 Å². The van der Waals surface area contributed by atoms with Crippen LogP contribution in [0.3, 0.4) is 0 Å². The highest BCUT2D eigenvalue weighted by atomic mass is 79.9. The van der Waals surface area contributed by atoms with Gasteiger partial charge in [-0.3, -0.25) is 9.59 Å². The third-order valence-electron chi connectivity index (χ3n) is 5.40. The highest BCUT2D eigenvalue weighted by molar-refractivity contribution is 9.10. The van der Waals surface area contributed by atoms with E-state index in [1.807, 2.05) is 67.6 Å². The quantitative estimate of drug-likeness (QED) is 0.143. The van der Waals surface area contributed by atoms with Crippen LogP contribution in [0, 0.1) is 6.92 Å². The first-order valence-corrected chi connectivity index (χ1v) is 12.3. The second-order valence-corrected chi connectivity index (χ2v) is 9.42. The largest absolute Gasteiger partial charge is 0.488 e. The first kappa shape index (κ1) is 25.4. The Balaban J connectivity index is 1.43. The van der Waals surface area contributed by atoms with Crippen molar-refractivity contribution in [2.45, 2.75) is 20.0 Å². The van der Waals surface area contributed by atoms with Gasteiger partial charge in [0.1, 0.15) is 18.8 Å². The molecule has 0 fully saturated rings. The molecule has 0 aliphatic heterocycles. The molecule has 6 nitrogen and oxygen atoms in total. The molecule has 0 aliphatic rings. The number of hydrogen-bond acceptors (Lipinski definition) is 4. The fourth-order valence-corrected chi connectivity index (χ4v) is 3.95. The Labute approximate surface area is 222 Å². The van der Waals surface area contributed by atoms with E-state index >= 15 is 0 Å². The summed E-state index contributed by atoms with van der Waals surface area (Å²) < 4.78 is 7.08. The van der Waals surface area contributed by atoms with Crippen molar-refractivity contribution in [1.29, 1.82) is 0 Å². The van der Waals surface area contributed by atoms with Crippen molar-refractivity contribution in [3.8, 4) is 5.75 Å². The number of aryl methyl sites for hydroxylation is 1. The van der Waals surface area contributed by atoms with Crippen LogP contribution in [0.4, 0.5) is 5.69 Å². The lowest BCUT2D eigenvalue weighted by atomic mass is 10.0. The predicted molar refractivity (Wildman–Crippen MR) is 148 cm³/mol. The van der Waals surface area contributed by atoms with Crippen LogP contribution in [0.1, 0.15) is 23.1 Å². The molecular weight excluding hydrogens is 542 g/mol. The van der Waals surface area contributed by atoms with E-state index in [1.54, 1.807) is 18.2 Å². The average Bonchev–Trinajstić information content (AvgIpc) is 2.86. The first-order chi connectivity index (χ1) is 17.4. The second-order valence-electron chi connectivity index (χ2n) is 8.10. The van der Waals surface area contributed by atoms with Crippen molar-refractivity contribution in [3.63, 3.8) is 0 Å². The molecule has 0 spiro atoms. The third-order valence-corrected chi connectivity index (χ3v) is 6.33. The van der Waals surface area contributed by atoms with Gasteiger partial charge >= 0.3 is 0 Å². The van der Waals surface area contributed by atoms with Gasteiger partial charge in [0.2, 0.25) is 11.8 Å². The summed E-state index contributed by atoms with van der Waals surface area (Å²) in [5, 5.41) is 9.23. The van der Waals surface area contributed by atoms with Crippen LogP contribution in [0.25, 0.3) is 10.8 Å². The van der Waals surface area contributed by atoms with Gasteiger partial charge in [-0.1, -0.05) is 76.1 Å². The van der Waals surface area contributed by atoms with Gasteiger partial charge in [0, 0.05) is 20.7 Å². The van der Waals surface area contributed by atoms with E-state index in [0.29, 0.717) is 23.1 Å². The second kappa shape index (κ2) is 11.8. The van der Waals surface area contributed by atoms with Crippen LogP contribution < -0.4 is 15.5 Å². The molecule has 0 atom stereocenters. The SMILES string of the molecule is Cc1ccc(NC(=O)CC(=O)NN=Cc2c(OCc3ccc(Br)cc3)ccc3ccccc23)cc1Cl. The molecule has 36 heavy (non-hydrogen) atoms. The highest BCUT2D eigenvalue weighted by Crippen LogP contribution is 2.27. The number of anilines is 1. The molecule has 0 radical (unpaired) electrons. The molecular formula is C28H23BrClN3O3. The van der Waals surface area contributed by atoms with Crippen LogP contribution in [-0.2, 0) is 16.2 Å². The van der Waals surface area contributed by atoms with Gasteiger partial charge in [-0.05, 0) is 59.2 Å². The van der Waals surface area contributed by atoms with Crippen LogP contribution in [0.15, 0.2) is 88.4 Å². The molecule has 0 heterocycles. The molecule has 4 rings (SSSR count). The molecule has 0 unspecified atom stereocenters. The molecule has 2 amide bonds. The molecule has 4 aromatic rings. The lowest BCUT2D eigenvalue weighted by molar-refractivity contribution is -0.126.